The van der Waals surface area contributed by atoms with Gasteiger partial charge in [-0.25, -0.2) is 4.98 Å². The second-order valence-corrected chi connectivity index (χ2v) is 12.5. The number of fused-ring (bicyclic) bond motifs is 3. The van der Waals surface area contributed by atoms with Gasteiger partial charge in [0, 0.05) is 33.8 Å². The van der Waals surface area contributed by atoms with Crippen LogP contribution in [-0.4, -0.2) is 15.7 Å². The summed E-state index contributed by atoms with van der Waals surface area (Å²) in [6.45, 7) is 0. The third-order valence-electron chi connectivity index (χ3n) is 9.32. The fraction of sp³-hybridized carbons (Fsp3) is 0.0217. The Balaban J connectivity index is 1.20. The highest BCUT2D eigenvalue weighted by Crippen LogP contribution is 2.33. The second-order valence-electron chi connectivity index (χ2n) is 12.5. The van der Waals surface area contributed by atoms with E-state index in [-0.39, 0.29) is 6.17 Å². The maximum Gasteiger partial charge on any atom is 0.145 e. The van der Waals surface area contributed by atoms with E-state index in [1.54, 1.807) is 0 Å². The molecule has 8 aromatic rings. The Morgan fingerprint density at radius 2 is 1.02 bits per heavy atom. The van der Waals surface area contributed by atoms with Crippen LogP contribution in [0.3, 0.4) is 0 Å². The van der Waals surface area contributed by atoms with Crippen LogP contribution < -0.4 is 5.32 Å². The predicted octanol–water partition coefficient (Wildman–Crippen LogP) is 10.9. The fourth-order valence-corrected chi connectivity index (χ4v) is 6.73. The van der Waals surface area contributed by atoms with E-state index in [0.29, 0.717) is 0 Å². The molecule has 0 fully saturated rings. The van der Waals surface area contributed by atoms with Crippen LogP contribution in [0.4, 0.5) is 0 Å². The van der Waals surface area contributed by atoms with E-state index in [1.165, 1.54) is 11.1 Å². The lowest BCUT2D eigenvalue weighted by atomic mass is 9.94. The number of aromatic nitrogens is 2. The van der Waals surface area contributed by atoms with E-state index in [4.69, 9.17) is 15.0 Å². The molecule has 4 nitrogen and oxygen atoms in total. The first-order chi connectivity index (χ1) is 24.7. The largest absolute Gasteiger partial charge is 0.360 e. The van der Waals surface area contributed by atoms with Crippen molar-refractivity contribution in [1.82, 2.24) is 15.3 Å². The Kier molecular flexibility index (Phi) is 7.52. The Morgan fingerprint density at radius 1 is 0.440 bits per heavy atom. The lowest BCUT2D eigenvalue weighted by Crippen LogP contribution is -2.24. The molecule has 0 saturated carbocycles. The second kappa shape index (κ2) is 12.8. The Bertz CT molecular complexity index is 2540. The van der Waals surface area contributed by atoms with Crippen molar-refractivity contribution in [2.24, 2.45) is 4.99 Å². The van der Waals surface area contributed by atoms with Crippen LogP contribution in [0.25, 0.3) is 61.0 Å². The van der Waals surface area contributed by atoms with Gasteiger partial charge in [-0.2, -0.15) is 0 Å². The molecular weight excluding hydrogens is 609 g/mol. The van der Waals surface area contributed by atoms with Gasteiger partial charge in [-0.15, -0.1) is 0 Å². The zero-order chi connectivity index (χ0) is 33.3. The van der Waals surface area contributed by atoms with E-state index in [0.717, 1.165) is 72.3 Å². The van der Waals surface area contributed by atoms with Crippen molar-refractivity contribution in [2.45, 2.75) is 6.17 Å². The molecule has 0 bridgehead atoms. The predicted molar refractivity (Wildman–Crippen MR) is 207 cm³/mol. The number of aliphatic imine (C=N–C) groups is 1. The molecular formula is C46H32N4. The molecule has 9 rings (SSSR count). The van der Waals surface area contributed by atoms with Crippen LogP contribution in [0.1, 0.15) is 22.9 Å². The average molecular weight is 641 g/mol. The van der Waals surface area contributed by atoms with Gasteiger partial charge in [0.15, 0.2) is 0 Å². The summed E-state index contributed by atoms with van der Waals surface area (Å²) in [6, 6.07) is 59.4. The Hall–Kier alpha value is -6.65. The van der Waals surface area contributed by atoms with Crippen molar-refractivity contribution in [3.05, 3.63) is 199 Å². The summed E-state index contributed by atoms with van der Waals surface area (Å²) in [5, 5.41) is 5.87. The molecule has 1 aliphatic heterocycles. The van der Waals surface area contributed by atoms with Crippen molar-refractivity contribution in [2.75, 3.05) is 0 Å². The van der Waals surface area contributed by atoms with Crippen LogP contribution in [0.15, 0.2) is 187 Å². The van der Waals surface area contributed by atoms with Gasteiger partial charge in [-0.1, -0.05) is 140 Å². The van der Waals surface area contributed by atoms with Crippen LogP contribution in [0.2, 0.25) is 0 Å². The quantitative estimate of drug-likeness (QED) is 0.184. The van der Waals surface area contributed by atoms with E-state index in [1.807, 2.05) is 24.4 Å². The minimum absolute atomic E-state index is 0.250. The number of hydrogen-bond donors (Lipinski definition) is 1. The summed E-state index contributed by atoms with van der Waals surface area (Å²) in [4.78, 5) is 15.2. The van der Waals surface area contributed by atoms with Crippen LogP contribution >= 0.6 is 0 Å². The van der Waals surface area contributed by atoms with Gasteiger partial charge in [0.05, 0.1) is 22.4 Å². The molecule has 0 radical (unpaired) electrons. The smallest absolute Gasteiger partial charge is 0.145 e. The zero-order valence-corrected chi connectivity index (χ0v) is 27.2. The van der Waals surface area contributed by atoms with E-state index < -0.39 is 0 Å². The van der Waals surface area contributed by atoms with Gasteiger partial charge in [0.1, 0.15) is 6.17 Å². The van der Waals surface area contributed by atoms with Gasteiger partial charge in [-0.3, -0.25) is 9.98 Å². The summed E-state index contributed by atoms with van der Waals surface area (Å²) >= 11 is 0. The minimum Gasteiger partial charge on any atom is -0.360 e. The highest BCUT2D eigenvalue weighted by Gasteiger charge is 2.21. The van der Waals surface area contributed by atoms with Gasteiger partial charge >= 0.3 is 0 Å². The highest BCUT2D eigenvalue weighted by molar-refractivity contribution is 6.14. The third-order valence-corrected chi connectivity index (χ3v) is 9.32. The van der Waals surface area contributed by atoms with E-state index in [9.17, 15) is 0 Å². The first kappa shape index (κ1) is 29.5. The summed E-state index contributed by atoms with van der Waals surface area (Å²) < 4.78 is 0. The standard InChI is InChI=1S/C46H32N4/c1-4-11-31(12-5-1)33-18-20-34(21-19-33)42-30-43(50-46(49-42)37-15-8-3-9-16-37)40-28-38(32-13-6-2-7-14-32)27-39(29-40)41-25-24-36-23-22-35-17-10-26-47-44(35)45(36)48-41/h1-30,46,49H. The first-order valence-corrected chi connectivity index (χ1v) is 16.9. The molecule has 0 spiro atoms. The molecule has 4 heteroatoms. The van der Waals surface area contributed by atoms with Crippen molar-refractivity contribution in [3.63, 3.8) is 0 Å². The van der Waals surface area contributed by atoms with Gasteiger partial charge in [-0.05, 0) is 69.8 Å². The molecule has 1 aliphatic rings. The molecule has 50 heavy (non-hydrogen) atoms. The molecule has 2 aromatic heterocycles. The lowest BCUT2D eigenvalue weighted by molar-refractivity contribution is 0.664. The molecule has 1 unspecified atom stereocenters. The summed E-state index contributed by atoms with van der Waals surface area (Å²) in [5.74, 6) is 0. The number of allylic oxidation sites excluding steroid dienone is 1. The molecule has 0 amide bonds. The SMILES string of the molecule is C1=C(c2ccc(-c3ccccc3)cc2)NC(c2ccccc2)N=C1c1cc(-c2ccccc2)cc(-c2ccc3ccc4cccnc4c3n2)c1. The molecule has 0 aliphatic carbocycles. The lowest BCUT2D eigenvalue weighted by Gasteiger charge is -2.25. The zero-order valence-electron chi connectivity index (χ0n) is 27.2. The number of pyridine rings is 2. The van der Waals surface area contributed by atoms with Gasteiger partial charge < -0.3 is 5.32 Å². The number of rotatable bonds is 6. The normalized spacial score (nSPS) is 14.2. The Labute approximate surface area is 291 Å². The van der Waals surface area contributed by atoms with Gasteiger partial charge in [0.25, 0.3) is 0 Å². The van der Waals surface area contributed by atoms with Crippen molar-refractivity contribution in [1.29, 1.82) is 0 Å². The molecule has 0 saturated heterocycles. The van der Waals surface area contributed by atoms with Crippen molar-refractivity contribution >= 4 is 33.2 Å². The maximum atomic E-state index is 5.32. The number of benzene rings is 6. The topological polar surface area (TPSA) is 50.2 Å². The first-order valence-electron chi connectivity index (χ1n) is 16.9. The molecule has 1 N–H and O–H groups in total. The fourth-order valence-electron chi connectivity index (χ4n) is 6.73. The maximum absolute atomic E-state index is 5.32. The number of nitrogens with zero attached hydrogens (tertiary/aromatic N) is 3. The Morgan fingerprint density at radius 3 is 1.76 bits per heavy atom. The van der Waals surface area contributed by atoms with E-state index >= 15 is 0 Å². The van der Waals surface area contributed by atoms with Crippen LogP contribution in [0, 0.1) is 0 Å². The average Bonchev–Trinajstić information content (AvgIpc) is 3.21. The van der Waals surface area contributed by atoms with E-state index in [2.05, 4.69) is 163 Å². The minimum atomic E-state index is -0.250. The molecule has 236 valence electrons. The monoisotopic (exact) mass is 640 g/mol. The highest BCUT2D eigenvalue weighted by atomic mass is 15.1. The van der Waals surface area contributed by atoms with Crippen molar-refractivity contribution in [3.8, 4) is 33.5 Å². The van der Waals surface area contributed by atoms with Crippen LogP contribution in [0.5, 0.6) is 0 Å². The number of hydrogen-bond acceptors (Lipinski definition) is 4. The summed E-state index contributed by atoms with van der Waals surface area (Å²) in [6.07, 6.45) is 3.76. The summed E-state index contributed by atoms with van der Waals surface area (Å²) in [5.41, 5.74) is 13.5. The number of nitrogens with one attached hydrogen (secondary N) is 1. The van der Waals surface area contributed by atoms with Crippen LogP contribution in [-0.2, 0) is 0 Å². The van der Waals surface area contributed by atoms with Crippen molar-refractivity contribution < 1.29 is 0 Å². The molecule has 3 heterocycles. The van der Waals surface area contributed by atoms with Gasteiger partial charge in [0.2, 0.25) is 0 Å². The molecule has 6 aromatic carbocycles. The summed E-state index contributed by atoms with van der Waals surface area (Å²) in [7, 11) is 0. The molecule has 1 atom stereocenters. The third kappa shape index (κ3) is 5.73.